The number of rotatable bonds is 0. The molecule has 1 aliphatic rings. The number of para-hydroxylation sites is 1. The molecule has 17 heavy (non-hydrogen) atoms. The molecule has 1 atom stereocenters. The molecule has 0 bridgehead atoms. The van der Waals surface area contributed by atoms with Crippen molar-refractivity contribution in [2.24, 2.45) is 0 Å². The third-order valence-corrected chi connectivity index (χ3v) is 3.05. The van der Waals surface area contributed by atoms with Crippen LogP contribution in [0.2, 0.25) is 0 Å². The van der Waals surface area contributed by atoms with Gasteiger partial charge in [-0.15, -0.1) is 0 Å². The van der Waals surface area contributed by atoms with Gasteiger partial charge in [0, 0.05) is 10.9 Å². The Bertz CT molecular complexity index is 659. The summed E-state index contributed by atoms with van der Waals surface area (Å²) in [5.41, 5.74) is 3.12. The van der Waals surface area contributed by atoms with Crippen LogP contribution in [0.15, 0.2) is 30.3 Å². The van der Waals surface area contributed by atoms with Crippen LogP contribution in [0.4, 0.5) is 0 Å². The van der Waals surface area contributed by atoms with Gasteiger partial charge in [0.1, 0.15) is 6.10 Å². The molecule has 0 saturated heterocycles. The number of carbonyl (C=O) groups is 1. The van der Waals surface area contributed by atoms with Crippen molar-refractivity contribution >= 4 is 22.8 Å². The number of ketones is 1. The van der Waals surface area contributed by atoms with E-state index in [9.17, 15) is 9.90 Å². The minimum Gasteiger partial charge on any atom is -0.381 e. The zero-order valence-electron chi connectivity index (χ0n) is 9.34. The number of aryl methyl sites for hydroxylation is 1. The number of hydrogen-bond acceptors (Lipinski definition) is 3. The highest BCUT2D eigenvalue weighted by atomic mass is 16.3. The van der Waals surface area contributed by atoms with E-state index in [4.69, 9.17) is 0 Å². The van der Waals surface area contributed by atoms with E-state index in [0.29, 0.717) is 11.3 Å². The summed E-state index contributed by atoms with van der Waals surface area (Å²) in [7, 11) is 0. The summed E-state index contributed by atoms with van der Waals surface area (Å²) < 4.78 is 0. The zero-order valence-corrected chi connectivity index (χ0v) is 9.34. The van der Waals surface area contributed by atoms with Crippen molar-refractivity contribution in [3.63, 3.8) is 0 Å². The van der Waals surface area contributed by atoms with E-state index in [-0.39, 0.29) is 5.78 Å². The average Bonchev–Trinajstić information content (AvgIpc) is 2.33. The molecule has 0 saturated carbocycles. The fourth-order valence-electron chi connectivity index (χ4n) is 2.11. The normalized spacial score (nSPS) is 18.5. The first-order valence-corrected chi connectivity index (χ1v) is 5.47. The van der Waals surface area contributed by atoms with Gasteiger partial charge in [0.15, 0.2) is 5.78 Å². The zero-order chi connectivity index (χ0) is 12.0. The Hall–Kier alpha value is -2.00. The van der Waals surface area contributed by atoms with Gasteiger partial charge in [0.2, 0.25) is 0 Å². The van der Waals surface area contributed by atoms with Gasteiger partial charge in [-0.3, -0.25) is 4.79 Å². The standard InChI is InChI=1S/C14H11NO2/c1-8-3-2-4-9-7-10-11(15-13(8)9)5-6-12(16)14(10)17/h2-7,12,16H,1H3. The number of aliphatic hydroxyl groups is 1. The van der Waals surface area contributed by atoms with E-state index < -0.39 is 6.10 Å². The molecule has 3 rings (SSSR count). The number of benzene rings is 1. The number of aliphatic hydroxyl groups excluding tert-OH is 1. The highest BCUT2D eigenvalue weighted by Gasteiger charge is 2.22. The third kappa shape index (κ3) is 1.47. The van der Waals surface area contributed by atoms with Crippen molar-refractivity contribution < 1.29 is 9.90 Å². The van der Waals surface area contributed by atoms with E-state index in [0.717, 1.165) is 16.5 Å². The number of pyridine rings is 1. The minimum absolute atomic E-state index is 0.279. The van der Waals surface area contributed by atoms with Gasteiger partial charge in [-0.1, -0.05) is 18.2 Å². The number of carbonyl (C=O) groups excluding carboxylic acids is 1. The monoisotopic (exact) mass is 225 g/mol. The summed E-state index contributed by atoms with van der Waals surface area (Å²) in [5, 5.41) is 10.4. The van der Waals surface area contributed by atoms with Crippen molar-refractivity contribution in [1.82, 2.24) is 4.98 Å². The molecule has 0 spiro atoms. The number of hydrogen-bond donors (Lipinski definition) is 1. The Kier molecular flexibility index (Phi) is 2.09. The Morgan fingerprint density at radius 3 is 3.00 bits per heavy atom. The van der Waals surface area contributed by atoms with Crippen molar-refractivity contribution in [3.05, 3.63) is 47.2 Å². The maximum Gasteiger partial charge on any atom is 0.197 e. The fourth-order valence-corrected chi connectivity index (χ4v) is 2.11. The van der Waals surface area contributed by atoms with E-state index in [1.807, 2.05) is 25.1 Å². The maximum absolute atomic E-state index is 11.8. The topological polar surface area (TPSA) is 50.2 Å². The van der Waals surface area contributed by atoms with Crippen molar-refractivity contribution in [2.45, 2.75) is 13.0 Å². The first-order valence-electron chi connectivity index (χ1n) is 5.47. The van der Waals surface area contributed by atoms with Gasteiger partial charge < -0.3 is 5.11 Å². The van der Waals surface area contributed by atoms with Gasteiger partial charge in [-0.2, -0.15) is 0 Å². The van der Waals surface area contributed by atoms with E-state index >= 15 is 0 Å². The predicted octanol–water partition coefficient (Wildman–Crippen LogP) is 2.11. The van der Waals surface area contributed by atoms with Crippen LogP contribution in [0.3, 0.4) is 0 Å². The van der Waals surface area contributed by atoms with E-state index in [1.165, 1.54) is 6.08 Å². The molecule has 2 aromatic rings. The highest BCUT2D eigenvalue weighted by Crippen LogP contribution is 2.24. The lowest BCUT2D eigenvalue weighted by molar-refractivity contribution is 0.0818. The first kappa shape index (κ1) is 10.2. The molecule has 1 unspecified atom stereocenters. The number of nitrogens with zero attached hydrogens (tertiary/aromatic N) is 1. The second-order valence-corrected chi connectivity index (χ2v) is 4.24. The summed E-state index contributed by atoms with van der Waals surface area (Å²) >= 11 is 0. The molecule has 1 heterocycles. The number of Topliss-reactive ketones (excluding diaryl/α,β-unsaturated/α-hetero) is 1. The van der Waals surface area contributed by atoms with Gasteiger partial charge in [0.25, 0.3) is 0 Å². The fraction of sp³-hybridized carbons (Fsp3) is 0.143. The Morgan fingerprint density at radius 1 is 1.35 bits per heavy atom. The smallest absolute Gasteiger partial charge is 0.197 e. The van der Waals surface area contributed by atoms with E-state index in [1.54, 1.807) is 12.1 Å². The molecule has 1 N–H and O–H groups in total. The van der Waals surface area contributed by atoms with Crippen LogP contribution in [-0.2, 0) is 0 Å². The second kappa shape index (κ2) is 3.50. The van der Waals surface area contributed by atoms with Crippen LogP contribution in [0.5, 0.6) is 0 Å². The predicted molar refractivity (Wildman–Crippen MR) is 65.9 cm³/mol. The third-order valence-electron chi connectivity index (χ3n) is 3.05. The molecule has 3 nitrogen and oxygen atoms in total. The van der Waals surface area contributed by atoms with E-state index in [2.05, 4.69) is 4.98 Å². The Morgan fingerprint density at radius 2 is 2.18 bits per heavy atom. The maximum atomic E-state index is 11.8. The van der Waals surface area contributed by atoms with Crippen molar-refractivity contribution in [1.29, 1.82) is 0 Å². The Balaban J connectivity index is 2.35. The van der Waals surface area contributed by atoms with Crippen LogP contribution in [-0.4, -0.2) is 22.0 Å². The Labute approximate surface area is 98.4 Å². The summed E-state index contributed by atoms with van der Waals surface area (Å²) in [6.07, 6.45) is 2.14. The van der Waals surface area contributed by atoms with Gasteiger partial charge in [-0.25, -0.2) is 4.98 Å². The summed E-state index contributed by atoms with van der Waals surface area (Å²) in [6, 6.07) is 7.66. The van der Waals surface area contributed by atoms with Crippen LogP contribution in [0.1, 0.15) is 21.6 Å². The SMILES string of the molecule is Cc1cccc2cc3c(nc12)C=CC(O)C3=O. The lowest BCUT2D eigenvalue weighted by Gasteiger charge is -2.14. The number of aromatic nitrogens is 1. The number of fused-ring (bicyclic) bond motifs is 2. The molecular formula is C14H11NO2. The molecule has 3 heteroatoms. The molecule has 1 aliphatic carbocycles. The molecule has 0 fully saturated rings. The molecule has 0 amide bonds. The lowest BCUT2D eigenvalue weighted by atomic mass is 9.96. The van der Waals surface area contributed by atoms with Gasteiger partial charge >= 0.3 is 0 Å². The first-order chi connectivity index (χ1) is 8.16. The minimum atomic E-state index is -1.04. The largest absolute Gasteiger partial charge is 0.381 e. The molecule has 0 radical (unpaired) electrons. The second-order valence-electron chi connectivity index (χ2n) is 4.24. The molecular weight excluding hydrogens is 214 g/mol. The van der Waals surface area contributed by atoms with Crippen LogP contribution in [0.25, 0.3) is 17.0 Å². The average molecular weight is 225 g/mol. The van der Waals surface area contributed by atoms with Gasteiger partial charge in [-0.05, 0) is 30.7 Å². The van der Waals surface area contributed by atoms with Crippen LogP contribution in [0, 0.1) is 6.92 Å². The van der Waals surface area contributed by atoms with Crippen LogP contribution < -0.4 is 0 Å². The molecule has 0 aliphatic heterocycles. The summed E-state index contributed by atoms with van der Waals surface area (Å²) in [5.74, 6) is -0.279. The van der Waals surface area contributed by atoms with Crippen molar-refractivity contribution in [2.75, 3.05) is 0 Å². The highest BCUT2D eigenvalue weighted by molar-refractivity contribution is 6.07. The molecule has 84 valence electrons. The molecule has 1 aromatic carbocycles. The summed E-state index contributed by atoms with van der Waals surface area (Å²) in [6.45, 7) is 1.99. The van der Waals surface area contributed by atoms with Crippen LogP contribution >= 0.6 is 0 Å². The summed E-state index contributed by atoms with van der Waals surface area (Å²) in [4.78, 5) is 16.3. The quantitative estimate of drug-likeness (QED) is 0.747. The van der Waals surface area contributed by atoms with Gasteiger partial charge in [0.05, 0.1) is 11.2 Å². The lowest BCUT2D eigenvalue weighted by Crippen LogP contribution is -2.22. The van der Waals surface area contributed by atoms with Crippen molar-refractivity contribution in [3.8, 4) is 0 Å². The molecule has 1 aromatic heterocycles.